The smallest absolute Gasteiger partial charge is 0.294 e. The van der Waals surface area contributed by atoms with Gasteiger partial charge >= 0.3 is 0 Å². The lowest BCUT2D eigenvalue weighted by atomic mass is 9.89. The molecule has 0 spiro atoms. The highest BCUT2D eigenvalue weighted by Gasteiger charge is 2.44. The molecule has 3 aliphatic heterocycles. The third kappa shape index (κ3) is 3.99. The molecule has 178 valence electrons. The monoisotopic (exact) mass is 449 g/mol. The van der Waals surface area contributed by atoms with Crippen LogP contribution in [-0.4, -0.2) is 51.7 Å². The van der Waals surface area contributed by atoms with Gasteiger partial charge in [0.05, 0.1) is 11.0 Å². The van der Waals surface area contributed by atoms with E-state index in [-0.39, 0.29) is 17.6 Å². The molecule has 0 unspecified atom stereocenters. The maximum atomic E-state index is 13.9. The fraction of sp³-hybridized carbons (Fsp3) is 0.704. The topological polar surface area (TPSA) is 67.4 Å². The minimum atomic E-state index is 0.0894. The molecule has 4 heterocycles. The van der Waals surface area contributed by atoms with Crippen molar-refractivity contribution in [1.82, 2.24) is 14.5 Å². The van der Waals surface area contributed by atoms with Crippen molar-refractivity contribution in [3.8, 4) is 0 Å². The molecule has 1 saturated carbocycles. The van der Waals surface area contributed by atoms with Crippen LogP contribution in [-0.2, 0) is 0 Å². The summed E-state index contributed by atoms with van der Waals surface area (Å²) in [5.74, 6) is 0.608. The van der Waals surface area contributed by atoms with Crippen LogP contribution in [0.2, 0.25) is 0 Å². The van der Waals surface area contributed by atoms with E-state index in [1.54, 1.807) is 0 Å². The van der Waals surface area contributed by atoms with Crippen molar-refractivity contribution in [3.63, 3.8) is 0 Å². The normalized spacial score (nSPS) is 31.7. The van der Waals surface area contributed by atoms with Gasteiger partial charge in [-0.1, -0.05) is 44.2 Å². The van der Waals surface area contributed by atoms with E-state index in [1.807, 2.05) is 12.1 Å². The largest absolute Gasteiger partial charge is 0.350 e. The van der Waals surface area contributed by atoms with Crippen LogP contribution in [0.4, 0.5) is 5.82 Å². The first kappa shape index (κ1) is 21.6. The molecule has 2 bridgehead atoms. The lowest BCUT2D eigenvalue weighted by Crippen LogP contribution is -2.50. The number of para-hydroxylation sites is 2. The summed E-state index contributed by atoms with van der Waals surface area (Å²) in [6.07, 6.45) is 15.5. The van der Waals surface area contributed by atoms with Gasteiger partial charge in [-0.2, -0.15) is 0 Å². The van der Waals surface area contributed by atoms with E-state index in [2.05, 4.69) is 26.5 Å². The Morgan fingerprint density at radius 1 is 0.818 bits per heavy atom. The molecule has 6 nitrogen and oxygen atoms in total. The molecule has 33 heavy (non-hydrogen) atoms. The van der Waals surface area contributed by atoms with Crippen LogP contribution < -0.4 is 16.2 Å². The van der Waals surface area contributed by atoms with Gasteiger partial charge in [0, 0.05) is 43.3 Å². The number of fused-ring (bicyclic) bond motifs is 3. The van der Waals surface area contributed by atoms with Gasteiger partial charge in [-0.15, -0.1) is 0 Å². The van der Waals surface area contributed by atoms with Crippen molar-refractivity contribution < 1.29 is 0 Å². The summed E-state index contributed by atoms with van der Waals surface area (Å²) in [5.41, 5.74) is 8.19. The van der Waals surface area contributed by atoms with Crippen LogP contribution in [0, 0.1) is 0 Å². The Morgan fingerprint density at radius 3 is 2.21 bits per heavy atom. The second-order valence-corrected chi connectivity index (χ2v) is 11.1. The second kappa shape index (κ2) is 9.03. The van der Waals surface area contributed by atoms with Gasteiger partial charge in [0.15, 0.2) is 5.82 Å². The van der Waals surface area contributed by atoms with E-state index < -0.39 is 0 Å². The van der Waals surface area contributed by atoms with Gasteiger partial charge in [-0.3, -0.25) is 9.69 Å². The summed E-state index contributed by atoms with van der Waals surface area (Å²) in [7, 11) is 0. The summed E-state index contributed by atoms with van der Waals surface area (Å²) in [5, 5.41) is 0. The number of hydrogen-bond donors (Lipinski definition) is 1. The van der Waals surface area contributed by atoms with Crippen LogP contribution in [0.1, 0.15) is 83.1 Å². The molecule has 1 aliphatic carbocycles. The average Bonchev–Trinajstić information content (AvgIpc) is 3.33. The summed E-state index contributed by atoms with van der Waals surface area (Å²) < 4.78 is 2.13. The zero-order chi connectivity index (χ0) is 22.4. The van der Waals surface area contributed by atoms with Crippen LogP contribution in [0.3, 0.4) is 0 Å². The molecule has 1 aromatic carbocycles. The number of benzene rings is 1. The number of aromatic nitrogens is 2. The highest BCUT2D eigenvalue weighted by atomic mass is 16.1. The highest BCUT2D eigenvalue weighted by Crippen LogP contribution is 2.44. The van der Waals surface area contributed by atoms with E-state index in [0.29, 0.717) is 17.9 Å². The first-order valence-electron chi connectivity index (χ1n) is 13.5. The number of nitrogens with zero attached hydrogens (tertiary/aromatic N) is 4. The Labute approximate surface area is 197 Å². The third-order valence-corrected chi connectivity index (χ3v) is 8.93. The van der Waals surface area contributed by atoms with E-state index >= 15 is 0 Å². The van der Waals surface area contributed by atoms with E-state index in [0.717, 1.165) is 49.4 Å². The number of rotatable bonds is 3. The molecule has 4 atom stereocenters. The second-order valence-electron chi connectivity index (χ2n) is 11.1. The lowest BCUT2D eigenvalue weighted by molar-refractivity contribution is 0.0498. The predicted octanol–water partition coefficient (Wildman–Crippen LogP) is 4.21. The number of anilines is 1. The highest BCUT2D eigenvalue weighted by molar-refractivity contribution is 5.76. The van der Waals surface area contributed by atoms with Crippen LogP contribution in [0.5, 0.6) is 0 Å². The summed E-state index contributed by atoms with van der Waals surface area (Å²) >= 11 is 0. The number of nitrogens with two attached hydrogens (primary N) is 1. The van der Waals surface area contributed by atoms with Gasteiger partial charge in [-0.25, -0.2) is 4.98 Å². The lowest BCUT2D eigenvalue weighted by Gasteiger charge is -2.45. The quantitative estimate of drug-likeness (QED) is 0.760. The van der Waals surface area contributed by atoms with Gasteiger partial charge in [0.25, 0.3) is 5.56 Å². The fourth-order valence-electron chi connectivity index (χ4n) is 7.41. The third-order valence-electron chi connectivity index (χ3n) is 8.93. The summed E-state index contributed by atoms with van der Waals surface area (Å²) in [4.78, 5) is 23.7. The molecule has 0 radical (unpaired) electrons. The number of hydrogen-bond acceptors (Lipinski definition) is 5. The minimum absolute atomic E-state index is 0.0894. The minimum Gasteiger partial charge on any atom is -0.350 e. The zero-order valence-corrected chi connectivity index (χ0v) is 19.9. The molecule has 0 amide bonds. The Kier molecular flexibility index (Phi) is 5.91. The standard InChI is InChI=1S/C27H39N5O/c28-19-14-15-30(18-19)26-27(33)32(25-11-7-6-10-24(25)29-26)23-16-21-12-13-22(17-23)31(21)20-8-4-2-1-3-5-9-20/h6-7,10-11,19-23H,1-5,8-9,12-18,28H2/t19-,21-,22+,23+/m1/s1. The van der Waals surface area contributed by atoms with Gasteiger partial charge < -0.3 is 15.2 Å². The van der Waals surface area contributed by atoms with Crippen molar-refractivity contribution in [3.05, 3.63) is 34.6 Å². The molecular weight excluding hydrogens is 410 g/mol. The van der Waals surface area contributed by atoms with Gasteiger partial charge in [0.1, 0.15) is 0 Å². The summed E-state index contributed by atoms with van der Waals surface area (Å²) in [6.45, 7) is 1.55. The van der Waals surface area contributed by atoms with Crippen molar-refractivity contribution in [2.45, 2.75) is 107 Å². The van der Waals surface area contributed by atoms with Crippen molar-refractivity contribution in [2.75, 3.05) is 18.0 Å². The Morgan fingerprint density at radius 2 is 1.52 bits per heavy atom. The molecule has 1 aromatic heterocycles. The first-order valence-corrected chi connectivity index (χ1v) is 13.5. The fourth-order valence-corrected chi connectivity index (χ4v) is 7.41. The molecular formula is C27H39N5O. The maximum absolute atomic E-state index is 13.9. The van der Waals surface area contributed by atoms with Crippen molar-refractivity contribution >= 4 is 16.9 Å². The van der Waals surface area contributed by atoms with Crippen LogP contribution in [0.15, 0.2) is 29.1 Å². The average molecular weight is 450 g/mol. The van der Waals surface area contributed by atoms with Gasteiger partial charge in [0.2, 0.25) is 0 Å². The molecule has 4 fully saturated rings. The van der Waals surface area contributed by atoms with Crippen LogP contribution >= 0.6 is 0 Å². The predicted molar refractivity (Wildman–Crippen MR) is 134 cm³/mol. The Bertz CT molecular complexity index is 1030. The summed E-state index contributed by atoms with van der Waals surface area (Å²) in [6, 6.07) is 10.6. The van der Waals surface area contributed by atoms with Crippen molar-refractivity contribution in [2.24, 2.45) is 5.73 Å². The molecule has 6 rings (SSSR count). The van der Waals surface area contributed by atoms with E-state index in [9.17, 15) is 4.79 Å². The SMILES string of the molecule is N[C@@H]1CCN(c2nc3ccccc3n([C@H]3C[C@H]4CC[C@@H](C3)N4C3CCCCCCC3)c2=O)C1. The van der Waals surface area contributed by atoms with E-state index in [4.69, 9.17) is 10.7 Å². The van der Waals surface area contributed by atoms with Crippen molar-refractivity contribution in [1.29, 1.82) is 0 Å². The number of piperidine rings is 1. The molecule has 2 N–H and O–H groups in total. The molecule has 6 heteroatoms. The van der Waals surface area contributed by atoms with Crippen LogP contribution in [0.25, 0.3) is 11.0 Å². The maximum Gasteiger partial charge on any atom is 0.294 e. The van der Waals surface area contributed by atoms with E-state index in [1.165, 1.54) is 57.8 Å². The Balaban J connectivity index is 1.33. The van der Waals surface area contributed by atoms with Gasteiger partial charge in [-0.05, 0) is 57.1 Å². The first-order chi connectivity index (χ1) is 16.2. The molecule has 2 aromatic rings. The zero-order valence-electron chi connectivity index (χ0n) is 19.9. The Hall–Kier alpha value is -1.92. The molecule has 4 aliphatic rings. The molecule has 3 saturated heterocycles.